The van der Waals surface area contributed by atoms with Crippen LogP contribution in [0.1, 0.15) is 46.5 Å². The number of hydrogen-bond donors (Lipinski definition) is 4. The van der Waals surface area contributed by atoms with E-state index in [2.05, 4.69) is 47.0 Å². The number of aromatic amines is 1. The van der Waals surface area contributed by atoms with Gasteiger partial charge in [0.05, 0.1) is 15.1 Å². The predicted molar refractivity (Wildman–Crippen MR) is 133 cm³/mol. The van der Waals surface area contributed by atoms with Crippen molar-refractivity contribution < 1.29 is 9.59 Å². The van der Waals surface area contributed by atoms with E-state index in [0.717, 1.165) is 44.6 Å². The minimum atomic E-state index is -0.396. The van der Waals surface area contributed by atoms with Crippen molar-refractivity contribution in [2.45, 2.75) is 25.7 Å². The molecule has 33 heavy (non-hydrogen) atoms. The molecule has 10 heteroatoms. The number of nitrogens with one attached hydrogen (secondary N) is 4. The molecule has 4 N–H and O–H groups in total. The van der Waals surface area contributed by atoms with Crippen LogP contribution in [0.25, 0.3) is 0 Å². The molecule has 178 valence electrons. The van der Waals surface area contributed by atoms with Crippen LogP contribution in [0.15, 0.2) is 28.7 Å². The number of hydrogen-bond acceptors (Lipinski definition) is 5. The van der Waals surface area contributed by atoms with E-state index in [1.54, 1.807) is 24.3 Å². The number of benzene rings is 1. The Bertz CT molecular complexity index is 970. The molecule has 2 saturated heterocycles. The van der Waals surface area contributed by atoms with Gasteiger partial charge in [0.25, 0.3) is 11.8 Å². The Kier molecular flexibility index (Phi) is 8.40. The number of carbonyl (C=O) groups excluding carboxylic acids is 2. The molecule has 0 radical (unpaired) electrons. The highest BCUT2D eigenvalue weighted by Crippen LogP contribution is 2.30. The van der Waals surface area contributed by atoms with E-state index in [9.17, 15) is 9.59 Å². The largest absolute Gasteiger partial charge is 0.349 e. The third-order valence-corrected chi connectivity index (χ3v) is 7.78. The molecule has 0 bridgehead atoms. The Morgan fingerprint density at radius 1 is 1.09 bits per heavy atom. The van der Waals surface area contributed by atoms with E-state index in [1.807, 2.05) is 0 Å². The monoisotopic (exact) mass is 536 g/mol. The van der Waals surface area contributed by atoms with Crippen molar-refractivity contribution >= 4 is 45.2 Å². The van der Waals surface area contributed by atoms with Crippen molar-refractivity contribution in [1.29, 1.82) is 0 Å². The fourth-order valence-corrected chi connectivity index (χ4v) is 5.44. The van der Waals surface area contributed by atoms with Crippen molar-refractivity contribution in [3.8, 4) is 0 Å². The smallest absolute Gasteiger partial charge is 0.270 e. The van der Waals surface area contributed by atoms with Crippen molar-refractivity contribution in [2.75, 3.05) is 44.6 Å². The highest BCUT2D eigenvalue weighted by atomic mass is 79.9. The molecule has 2 aromatic rings. The second kappa shape index (κ2) is 11.5. The van der Waals surface area contributed by atoms with Gasteiger partial charge in [0.2, 0.25) is 0 Å². The van der Waals surface area contributed by atoms with Gasteiger partial charge >= 0.3 is 0 Å². The molecule has 1 aromatic carbocycles. The zero-order valence-electron chi connectivity index (χ0n) is 18.5. The van der Waals surface area contributed by atoms with Crippen LogP contribution < -0.4 is 16.0 Å². The van der Waals surface area contributed by atoms with E-state index in [0.29, 0.717) is 21.6 Å². The van der Waals surface area contributed by atoms with Crippen LogP contribution in [0.4, 0.5) is 5.82 Å². The van der Waals surface area contributed by atoms with Crippen LogP contribution in [0.5, 0.6) is 0 Å². The molecule has 0 spiro atoms. The Morgan fingerprint density at radius 3 is 2.52 bits per heavy atom. The number of likely N-dealkylation sites (tertiary alicyclic amines) is 1. The number of anilines is 1. The van der Waals surface area contributed by atoms with Crippen LogP contribution in [-0.2, 0) is 0 Å². The third-order valence-electron chi connectivity index (χ3n) is 6.68. The lowest BCUT2D eigenvalue weighted by Gasteiger charge is -2.37. The summed E-state index contributed by atoms with van der Waals surface area (Å²) in [5.74, 6) is 1.30. The van der Waals surface area contributed by atoms with Crippen LogP contribution in [0.2, 0.25) is 5.02 Å². The van der Waals surface area contributed by atoms with Crippen molar-refractivity contribution in [3.05, 3.63) is 45.0 Å². The summed E-state index contributed by atoms with van der Waals surface area (Å²) in [6, 6.07) is 6.75. The molecule has 2 fully saturated rings. The first-order valence-electron chi connectivity index (χ1n) is 11.5. The summed E-state index contributed by atoms with van der Waals surface area (Å²) in [6.45, 7) is 5.89. The van der Waals surface area contributed by atoms with Crippen molar-refractivity contribution in [3.63, 3.8) is 0 Å². The topological polar surface area (TPSA) is 102 Å². The summed E-state index contributed by atoms with van der Waals surface area (Å²) in [4.78, 5) is 27.5. The number of carbonyl (C=O) groups is 2. The Balaban J connectivity index is 1.22. The molecule has 4 rings (SSSR count). The van der Waals surface area contributed by atoms with Gasteiger partial charge in [-0.3, -0.25) is 14.7 Å². The average Bonchev–Trinajstić information content (AvgIpc) is 3.20. The lowest BCUT2D eigenvalue weighted by Crippen LogP contribution is -2.42. The van der Waals surface area contributed by atoms with Gasteiger partial charge in [0.1, 0.15) is 5.69 Å². The molecule has 1 aromatic heterocycles. The van der Waals surface area contributed by atoms with Crippen molar-refractivity contribution in [1.82, 2.24) is 25.7 Å². The molecule has 2 amide bonds. The summed E-state index contributed by atoms with van der Waals surface area (Å²) < 4.78 is 0.406. The molecule has 0 aliphatic carbocycles. The highest BCUT2D eigenvalue weighted by molar-refractivity contribution is 9.10. The minimum absolute atomic E-state index is 0.241. The molecule has 3 heterocycles. The normalized spacial score (nSPS) is 18.2. The predicted octanol–water partition coefficient (Wildman–Crippen LogP) is 3.52. The van der Waals surface area contributed by atoms with E-state index in [4.69, 9.17) is 11.6 Å². The first-order chi connectivity index (χ1) is 16.0. The number of rotatable bonds is 7. The summed E-state index contributed by atoms with van der Waals surface area (Å²) >= 11 is 9.45. The molecule has 8 nitrogen and oxygen atoms in total. The molecule has 2 aliphatic rings. The van der Waals surface area contributed by atoms with Gasteiger partial charge in [-0.15, -0.1) is 0 Å². The standard InChI is InChI=1S/C23H30BrClN6O2/c24-19-20(29-30-21(19)28-22(32)17-3-1-2-4-18(17)25)23(33)27-11-14-31-12-7-16(8-13-31)15-5-9-26-10-6-15/h1-4,15-16,26H,5-14H2,(H,27,33)(H2,28,29,30,32). The third kappa shape index (κ3) is 6.15. The number of nitrogens with zero attached hydrogens (tertiary/aromatic N) is 2. The number of halogens is 2. The quantitative estimate of drug-likeness (QED) is 0.433. The molecular formula is C23H30BrClN6O2. The number of piperidine rings is 2. The van der Waals surface area contributed by atoms with Gasteiger partial charge in [-0.25, -0.2) is 0 Å². The molecule has 0 saturated carbocycles. The van der Waals surface area contributed by atoms with Gasteiger partial charge in [0, 0.05) is 13.1 Å². The minimum Gasteiger partial charge on any atom is -0.349 e. The molecule has 2 aliphatic heterocycles. The Morgan fingerprint density at radius 2 is 1.79 bits per heavy atom. The fraction of sp³-hybridized carbons (Fsp3) is 0.522. The number of aromatic nitrogens is 2. The Hall–Kier alpha value is -1.94. The van der Waals surface area contributed by atoms with Gasteiger partial charge in [-0.2, -0.15) is 5.10 Å². The maximum atomic E-state index is 12.6. The summed E-state index contributed by atoms with van der Waals surface area (Å²) in [5.41, 5.74) is 0.609. The van der Waals surface area contributed by atoms with Crippen molar-refractivity contribution in [2.24, 2.45) is 11.8 Å². The van der Waals surface area contributed by atoms with Crippen LogP contribution >= 0.6 is 27.5 Å². The summed E-state index contributed by atoms with van der Waals surface area (Å²) in [5, 5.41) is 16.2. The highest BCUT2D eigenvalue weighted by Gasteiger charge is 2.27. The maximum Gasteiger partial charge on any atom is 0.270 e. The summed E-state index contributed by atoms with van der Waals surface area (Å²) in [7, 11) is 0. The van der Waals surface area contributed by atoms with E-state index in [-0.39, 0.29) is 17.4 Å². The first-order valence-corrected chi connectivity index (χ1v) is 12.7. The van der Waals surface area contributed by atoms with E-state index in [1.165, 1.54) is 25.7 Å². The second-order valence-corrected chi connectivity index (χ2v) is 9.92. The summed E-state index contributed by atoms with van der Waals surface area (Å²) in [6.07, 6.45) is 5.11. The van der Waals surface area contributed by atoms with Gasteiger partial charge < -0.3 is 20.9 Å². The fourth-order valence-electron chi connectivity index (χ4n) is 4.76. The van der Waals surface area contributed by atoms with Gasteiger partial charge in [-0.05, 0) is 91.8 Å². The molecule has 0 unspecified atom stereocenters. The van der Waals surface area contributed by atoms with Crippen LogP contribution in [-0.4, -0.2) is 66.2 Å². The van der Waals surface area contributed by atoms with Gasteiger partial charge in [0.15, 0.2) is 5.82 Å². The average molecular weight is 538 g/mol. The van der Waals surface area contributed by atoms with Crippen LogP contribution in [0, 0.1) is 11.8 Å². The zero-order valence-corrected chi connectivity index (χ0v) is 20.8. The van der Waals surface area contributed by atoms with Crippen LogP contribution in [0.3, 0.4) is 0 Å². The lowest BCUT2D eigenvalue weighted by molar-refractivity contribution is 0.0930. The molecular weight excluding hydrogens is 508 g/mol. The molecule has 0 atom stereocenters. The SMILES string of the molecule is O=C(Nc1n[nH]c(C(=O)NCCN2CCC(C3CCNCC3)CC2)c1Br)c1ccccc1Cl. The second-order valence-electron chi connectivity index (χ2n) is 8.72. The zero-order chi connectivity index (χ0) is 23.2. The number of amides is 2. The van der Waals surface area contributed by atoms with E-state index >= 15 is 0 Å². The Labute approximate surface area is 207 Å². The first kappa shape index (κ1) is 24.2. The van der Waals surface area contributed by atoms with Gasteiger partial charge in [-0.1, -0.05) is 23.7 Å². The van der Waals surface area contributed by atoms with E-state index < -0.39 is 5.91 Å². The number of H-pyrrole nitrogens is 1. The maximum absolute atomic E-state index is 12.6. The lowest BCUT2D eigenvalue weighted by atomic mass is 9.79.